The van der Waals surface area contributed by atoms with Gasteiger partial charge >= 0.3 is 6.01 Å². The molecule has 1 N–H and O–H groups in total. The summed E-state index contributed by atoms with van der Waals surface area (Å²) in [4.78, 5) is 33.1. The summed E-state index contributed by atoms with van der Waals surface area (Å²) in [7, 11) is -3.19. The first-order chi connectivity index (χ1) is 17.9. The molecule has 0 unspecified atom stereocenters. The lowest BCUT2D eigenvalue weighted by Crippen LogP contribution is -2.37. The van der Waals surface area contributed by atoms with Crippen LogP contribution in [-0.4, -0.2) is 85.9 Å². The maximum absolute atomic E-state index is 12.8. The number of nitrogens with one attached hydrogen (secondary N) is 1. The van der Waals surface area contributed by atoms with Gasteiger partial charge in [0.15, 0.2) is 0 Å². The third-order valence-corrected chi connectivity index (χ3v) is 7.82. The Bertz CT molecular complexity index is 1270. The van der Waals surface area contributed by atoms with E-state index in [1.807, 2.05) is 12.3 Å². The molecular formula is C25H32N6O5S. The van der Waals surface area contributed by atoms with E-state index in [4.69, 9.17) is 14.5 Å². The maximum atomic E-state index is 12.8. The number of fused-ring (bicyclic) bond motifs is 1. The van der Waals surface area contributed by atoms with Crippen molar-refractivity contribution >= 4 is 27.3 Å². The molecule has 0 spiro atoms. The number of ether oxygens (including phenoxy) is 2. The second-order valence-electron chi connectivity index (χ2n) is 9.69. The summed E-state index contributed by atoms with van der Waals surface area (Å²) < 4.78 is 34.3. The van der Waals surface area contributed by atoms with Crippen LogP contribution in [0.3, 0.4) is 0 Å². The van der Waals surface area contributed by atoms with Gasteiger partial charge in [0, 0.05) is 62.0 Å². The summed E-state index contributed by atoms with van der Waals surface area (Å²) in [6.07, 6.45) is 6.63. The van der Waals surface area contributed by atoms with Crippen LogP contribution in [0.2, 0.25) is 0 Å². The zero-order valence-corrected chi connectivity index (χ0v) is 21.7. The first-order valence-corrected chi connectivity index (χ1v) is 14.7. The molecule has 1 atom stereocenters. The van der Waals surface area contributed by atoms with E-state index in [-0.39, 0.29) is 30.1 Å². The molecule has 2 aromatic rings. The van der Waals surface area contributed by atoms with E-state index in [1.165, 1.54) is 0 Å². The Morgan fingerprint density at radius 1 is 1.24 bits per heavy atom. The minimum Gasteiger partial charge on any atom is -0.461 e. The highest BCUT2D eigenvalue weighted by Gasteiger charge is 2.29. The number of carbonyl (C=O) groups is 1. The molecule has 198 valence electrons. The number of nitrogens with zero attached hydrogens (tertiary/aromatic N) is 5. The van der Waals surface area contributed by atoms with Gasteiger partial charge < -0.3 is 19.7 Å². The topological polar surface area (TPSA) is 136 Å². The van der Waals surface area contributed by atoms with Gasteiger partial charge in [0.25, 0.3) is 5.91 Å². The third-order valence-electron chi connectivity index (χ3n) is 6.88. The smallest absolute Gasteiger partial charge is 0.319 e. The number of hydrogen-bond donors (Lipinski definition) is 1. The summed E-state index contributed by atoms with van der Waals surface area (Å²) in [5.41, 5.74) is 3.47. The van der Waals surface area contributed by atoms with Crippen molar-refractivity contribution in [3.8, 4) is 6.01 Å². The molecule has 0 radical (unpaired) electrons. The lowest BCUT2D eigenvalue weighted by atomic mass is 9.88. The van der Waals surface area contributed by atoms with Gasteiger partial charge in [-0.15, -0.1) is 0 Å². The van der Waals surface area contributed by atoms with Gasteiger partial charge in [0.2, 0.25) is 0 Å². The molecule has 0 saturated carbocycles. The zero-order chi connectivity index (χ0) is 25.8. The number of amides is 1. The molecule has 0 aromatic carbocycles. The van der Waals surface area contributed by atoms with Gasteiger partial charge in [0.05, 0.1) is 24.1 Å². The lowest BCUT2D eigenvalue weighted by molar-refractivity contribution is 0.0644. The van der Waals surface area contributed by atoms with Crippen LogP contribution in [-0.2, 0) is 21.1 Å². The largest absolute Gasteiger partial charge is 0.461 e. The molecule has 12 heteroatoms. The van der Waals surface area contributed by atoms with Crippen LogP contribution in [0.4, 0.5) is 5.82 Å². The van der Waals surface area contributed by atoms with Gasteiger partial charge in [-0.3, -0.25) is 14.8 Å². The van der Waals surface area contributed by atoms with Crippen LogP contribution in [0.1, 0.15) is 47.4 Å². The number of anilines is 1. The van der Waals surface area contributed by atoms with Crippen LogP contribution in [0.5, 0.6) is 6.01 Å². The fraction of sp³-hybridized carbons (Fsp3) is 0.560. The van der Waals surface area contributed by atoms with Gasteiger partial charge in [-0.05, 0) is 37.8 Å². The van der Waals surface area contributed by atoms with E-state index in [0.717, 1.165) is 62.0 Å². The maximum Gasteiger partial charge on any atom is 0.319 e. The summed E-state index contributed by atoms with van der Waals surface area (Å²) in [5.74, 6) is 0.348. The number of pyridine rings is 1. The molecule has 2 aromatic heterocycles. The van der Waals surface area contributed by atoms with Crippen molar-refractivity contribution in [3.63, 3.8) is 0 Å². The van der Waals surface area contributed by atoms with E-state index in [2.05, 4.69) is 31.2 Å². The first-order valence-electron chi connectivity index (χ1n) is 12.7. The van der Waals surface area contributed by atoms with Gasteiger partial charge in [0.1, 0.15) is 28.0 Å². The van der Waals surface area contributed by atoms with E-state index in [1.54, 1.807) is 6.07 Å². The molecule has 5 heterocycles. The van der Waals surface area contributed by atoms with Crippen molar-refractivity contribution in [1.82, 2.24) is 20.3 Å². The number of piperidine rings is 1. The van der Waals surface area contributed by atoms with E-state index in [0.29, 0.717) is 31.5 Å². The SMILES string of the molecule is CS(=O)(=O)CCNC(=O)c1cc(N2CCC(C3=NCc4ncccc43)CC2)nc(OC[C@H]2CCCO2)n1. The molecule has 37 heavy (non-hydrogen) atoms. The van der Waals surface area contributed by atoms with Crippen molar-refractivity contribution < 1.29 is 22.7 Å². The minimum atomic E-state index is -3.19. The monoisotopic (exact) mass is 528 g/mol. The fourth-order valence-corrected chi connectivity index (χ4v) is 5.39. The van der Waals surface area contributed by atoms with Gasteiger partial charge in [-0.25, -0.2) is 8.42 Å². The third kappa shape index (κ3) is 6.42. The average molecular weight is 529 g/mol. The quantitative estimate of drug-likeness (QED) is 0.512. The number of sulfone groups is 1. The molecule has 11 nitrogen and oxygen atoms in total. The Morgan fingerprint density at radius 3 is 2.84 bits per heavy atom. The van der Waals surface area contributed by atoms with Crippen molar-refractivity contribution in [2.45, 2.75) is 38.3 Å². The van der Waals surface area contributed by atoms with Crippen molar-refractivity contribution in [2.75, 3.05) is 49.8 Å². The molecule has 3 aliphatic rings. The highest BCUT2D eigenvalue weighted by Crippen LogP contribution is 2.30. The molecule has 0 aliphatic carbocycles. The summed E-state index contributed by atoms with van der Waals surface area (Å²) in [5, 5.41) is 2.63. The summed E-state index contributed by atoms with van der Waals surface area (Å²) in [6, 6.07) is 5.80. The van der Waals surface area contributed by atoms with E-state index < -0.39 is 15.7 Å². The average Bonchev–Trinajstić information content (AvgIpc) is 3.57. The standard InChI is InChI=1S/C25H32N6O5S/c1-37(33,34)13-9-27-24(32)20-14-22(30-25(29-20)36-16-18-4-3-12-35-18)31-10-6-17(7-11-31)23-19-5-2-8-26-21(19)15-28-23/h2,5,8,14,17-18H,3-4,6-7,9-13,15-16H2,1H3,(H,27,32)/t18-/m1/s1. The van der Waals surface area contributed by atoms with Crippen LogP contribution in [0, 0.1) is 5.92 Å². The molecular weight excluding hydrogens is 496 g/mol. The zero-order valence-electron chi connectivity index (χ0n) is 20.9. The van der Waals surface area contributed by atoms with Gasteiger partial charge in [-0.2, -0.15) is 9.97 Å². The number of aromatic nitrogens is 3. The molecule has 2 fully saturated rings. The Labute approximate surface area is 216 Å². The number of aliphatic imine (C=N–C) groups is 1. The Hall–Kier alpha value is -3.12. The molecule has 2 saturated heterocycles. The van der Waals surface area contributed by atoms with Crippen LogP contribution in [0.25, 0.3) is 0 Å². The molecule has 3 aliphatic heterocycles. The summed E-state index contributed by atoms with van der Waals surface area (Å²) in [6.45, 7) is 3.17. The van der Waals surface area contributed by atoms with Crippen LogP contribution in [0.15, 0.2) is 29.4 Å². The predicted molar refractivity (Wildman–Crippen MR) is 138 cm³/mol. The van der Waals surface area contributed by atoms with Crippen LogP contribution >= 0.6 is 0 Å². The van der Waals surface area contributed by atoms with E-state index >= 15 is 0 Å². The Balaban J connectivity index is 1.28. The van der Waals surface area contributed by atoms with Crippen molar-refractivity contribution in [3.05, 3.63) is 41.3 Å². The van der Waals surface area contributed by atoms with Gasteiger partial charge in [-0.1, -0.05) is 0 Å². The predicted octanol–water partition coefficient (Wildman–Crippen LogP) is 1.42. The highest BCUT2D eigenvalue weighted by atomic mass is 32.2. The van der Waals surface area contributed by atoms with Crippen LogP contribution < -0.4 is 15.0 Å². The number of carbonyl (C=O) groups excluding carboxylic acids is 1. The lowest BCUT2D eigenvalue weighted by Gasteiger charge is -2.33. The Kier molecular flexibility index (Phi) is 7.65. The Morgan fingerprint density at radius 2 is 2.08 bits per heavy atom. The first kappa shape index (κ1) is 25.5. The second-order valence-corrected chi connectivity index (χ2v) is 11.9. The number of hydrogen-bond acceptors (Lipinski definition) is 10. The molecule has 0 bridgehead atoms. The second kappa shape index (κ2) is 11.1. The number of rotatable bonds is 9. The summed E-state index contributed by atoms with van der Waals surface area (Å²) >= 11 is 0. The molecule has 1 amide bonds. The minimum absolute atomic E-state index is 0.00689. The van der Waals surface area contributed by atoms with Crippen molar-refractivity contribution in [2.24, 2.45) is 10.9 Å². The normalized spacial score (nSPS) is 20.0. The highest BCUT2D eigenvalue weighted by molar-refractivity contribution is 7.90. The van der Waals surface area contributed by atoms with Crippen molar-refractivity contribution in [1.29, 1.82) is 0 Å². The molecule has 5 rings (SSSR count). The van der Waals surface area contributed by atoms with E-state index in [9.17, 15) is 13.2 Å². The fourth-order valence-electron chi connectivity index (χ4n) is 4.91.